The number of carbonyl (C=O) groups is 1. The van der Waals surface area contributed by atoms with Gasteiger partial charge in [-0.1, -0.05) is 43.8 Å². The molecule has 33 heavy (non-hydrogen) atoms. The molecule has 1 atom stereocenters. The van der Waals surface area contributed by atoms with Gasteiger partial charge in [0.15, 0.2) is 5.16 Å². The van der Waals surface area contributed by atoms with Crippen LogP contribution in [0.1, 0.15) is 26.3 Å². The second-order valence-electron chi connectivity index (χ2n) is 7.91. The summed E-state index contributed by atoms with van der Waals surface area (Å²) in [5.74, 6) is -0.803. The highest BCUT2D eigenvalue weighted by atomic mass is 32.2. The van der Waals surface area contributed by atoms with Gasteiger partial charge in [0.05, 0.1) is 34.0 Å². The average Bonchev–Trinajstić information content (AvgIpc) is 2.77. The first-order chi connectivity index (χ1) is 15.5. The van der Waals surface area contributed by atoms with Gasteiger partial charge in [-0.3, -0.25) is 14.2 Å². The molecule has 1 amide bonds. The molecular formula is C23H21F3N4O2S. The van der Waals surface area contributed by atoms with Gasteiger partial charge in [-0.2, -0.15) is 18.4 Å². The van der Waals surface area contributed by atoms with E-state index in [0.29, 0.717) is 5.52 Å². The molecule has 0 aliphatic heterocycles. The van der Waals surface area contributed by atoms with Crippen molar-refractivity contribution in [1.82, 2.24) is 14.9 Å². The van der Waals surface area contributed by atoms with E-state index >= 15 is 0 Å². The third kappa shape index (κ3) is 5.20. The lowest BCUT2D eigenvalue weighted by Crippen LogP contribution is -2.49. The number of aromatic nitrogens is 2. The molecule has 0 aliphatic carbocycles. The van der Waals surface area contributed by atoms with Crippen molar-refractivity contribution in [3.8, 4) is 11.8 Å². The van der Waals surface area contributed by atoms with Gasteiger partial charge in [-0.25, -0.2) is 4.98 Å². The van der Waals surface area contributed by atoms with Crippen molar-refractivity contribution in [2.24, 2.45) is 5.92 Å². The van der Waals surface area contributed by atoms with Gasteiger partial charge in [-0.15, -0.1) is 0 Å². The molecule has 10 heteroatoms. The summed E-state index contributed by atoms with van der Waals surface area (Å²) in [7, 11) is 0. The Morgan fingerprint density at radius 2 is 1.91 bits per heavy atom. The predicted molar refractivity (Wildman–Crippen MR) is 120 cm³/mol. The minimum absolute atomic E-state index is 0.0139. The molecule has 0 unspecified atom stereocenters. The van der Waals surface area contributed by atoms with E-state index in [-0.39, 0.29) is 27.9 Å². The Hall–Kier alpha value is -3.32. The van der Waals surface area contributed by atoms with Crippen LogP contribution in [0.3, 0.4) is 0 Å². The number of nitrogens with zero attached hydrogens (tertiary/aromatic N) is 3. The third-order valence-corrected chi connectivity index (χ3v) is 6.23. The zero-order chi connectivity index (χ0) is 24.4. The number of nitrogens with one attached hydrogen (secondary N) is 1. The summed E-state index contributed by atoms with van der Waals surface area (Å²) in [6, 6.07) is 12.9. The van der Waals surface area contributed by atoms with Crippen LogP contribution in [0.4, 0.5) is 13.2 Å². The fourth-order valence-electron chi connectivity index (χ4n) is 3.02. The zero-order valence-electron chi connectivity index (χ0n) is 18.1. The van der Waals surface area contributed by atoms with Crippen LogP contribution in [-0.2, 0) is 11.0 Å². The summed E-state index contributed by atoms with van der Waals surface area (Å²) < 4.78 is 40.9. The van der Waals surface area contributed by atoms with Crippen molar-refractivity contribution in [2.45, 2.75) is 37.6 Å². The van der Waals surface area contributed by atoms with Gasteiger partial charge in [0.1, 0.15) is 5.54 Å². The van der Waals surface area contributed by atoms with E-state index < -0.39 is 28.7 Å². The topological polar surface area (TPSA) is 87.8 Å². The Morgan fingerprint density at radius 1 is 1.21 bits per heavy atom. The Kier molecular flexibility index (Phi) is 6.84. The number of alkyl halides is 3. The summed E-state index contributed by atoms with van der Waals surface area (Å²) in [4.78, 5) is 30.2. The molecule has 3 aromatic rings. The molecule has 0 aliphatic rings. The number of benzene rings is 2. The number of hydrogen-bond acceptors (Lipinski definition) is 5. The van der Waals surface area contributed by atoms with Crippen molar-refractivity contribution >= 4 is 28.6 Å². The Balaban J connectivity index is 2.04. The monoisotopic (exact) mass is 474 g/mol. The minimum Gasteiger partial charge on any atom is -0.337 e. The summed E-state index contributed by atoms with van der Waals surface area (Å²) in [5.41, 5.74) is -2.20. The van der Waals surface area contributed by atoms with Gasteiger partial charge in [-0.05, 0) is 43.2 Å². The molecule has 1 heterocycles. The number of nitriles is 1. The van der Waals surface area contributed by atoms with Crippen LogP contribution in [0.5, 0.6) is 0 Å². The SMILES string of the molecule is CC(C)[C@](C)(C#N)NC(=O)CSc1nc2ccccc2c(=O)n1-c1cccc(C(F)(F)F)c1. The average molecular weight is 475 g/mol. The molecule has 1 N–H and O–H groups in total. The molecule has 0 saturated heterocycles. The number of carbonyl (C=O) groups excluding carboxylic acids is 1. The maximum absolute atomic E-state index is 13.3. The number of thioether (sulfide) groups is 1. The van der Waals surface area contributed by atoms with Crippen molar-refractivity contribution in [3.05, 3.63) is 64.4 Å². The fourth-order valence-corrected chi connectivity index (χ4v) is 3.83. The van der Waals surface area contributed by atoms with Crippen LogP contribution in [0.2, 0.25) is 0 Å². The number of amides is 1. The van der Waals surface area contributed by atoms with Crippen LogP contribution in [-0.4, -0.2) is 26.8 Å². The second kappa shape index (κ2) is 9.27. The van der Waals surface area contributed by atoms with Crippen LogP contribution in [0, 0.1) is 17.2 Å². The highest BCUT2D eigenvalue weighted by Gasteiger charge is 2.31. The van der Waals surface area contributed by atoms with Gasteiger partial charge in [0.25, 0.3) is 5.56 Å². The number of halogens is 3. The number of para-hydroxylation sites is 1. The van der Waals surface area contributed by atoms with E-state index in [1.54, 1.807) is 39.0 Å². The summed E-state index contributed by atoms with van der Waals surface area (Å²) in [5, 5.41) is 12.4. The molecule has 172 valence electrons. The van der Waals surface area contributed by atoms with Crippen molar-refractivity contribution in [2.75, 3.05) is 5.75 Å². The van der Waals surface area contributed by atoms with E-state index in [1.165, 1.54) is 18.2 Å². The van der Waals surface area contributed by atoms with Crippen molar-refractivity contribution in [3.63, 3.8) is 0 Å². The normalized spacial score (nSPS) is 13.5. The lowest BCUT2D eigenvalue weighted by Gasteiger charge is -2.27. The number of rotatable bonds is 6. The lowest BCUT2D eigenvalue weighted by atomic mass is 9.90. The van der Waals surface area contributed by atoms with Crippen LogP contribution >= 0.6 is 11.8 Å². The van der Waals surface area contributed by atoms with E-state index in [9.17, 15) is 28.0 Å². The van der Waals surface area contributed by atoms with Gasteiger partial charge < -0.3 is 5.32 Å². The summed E-state index contributed by atoms with van der Waals surface area (Å²) in [6.45, 7) is 5.20. The quantitative estimate of drug-likeness (QED) is 0.418. The summed E-state index contributed by atoms with van der Waals surface area (Å²) >= 11 is 0.904. The van der Waals surface area contributed by atoms with E-state index in [0.717, 1.165) is 28.5 Å². The standard InChI is InChI=1S/C23H21F3N4O2S/c1-14(2)22(3,13-27)29-19(31)12-33-21-28-18-10-5-4-9-17(18)20(32)30(21)16-8-6-7-15(11-16)23(24,25)26/h4-11,14H,12H2,1-3H3,(H,29,31)/t22-/m0/s1. The number of hydrogen-bond donors (Lipinski definition) is 1. The first kappa shape index (κ1) is 24.3. The van der Waals surface area contributed by atoms with E-state index in [1.807, 2.05) is 0 Å². The molecule has 2 aromatic carbocycles. The highest BCUT2D eigenvalue weighted by Crippen LogP contribution is 2.31. The first-order valence-electron chi connectivity index (χ1n) is 10.0. The molecule has 1 aromatic heterocycles. The van der Waals surface area contributed by atoms with Crippen molar-refractivity contribution in [1.29, 1.82) is 5.26 Å². The number of fused-ring (bicyclic) bond motifs is 1. The second-order valence-corrected chi connectivity index (χ2v) is 8.85. The predicted octanol–water partition coefficient (Wildman–Crippen LogP) is 4.55. The van der Waals surface area contributed by atoms with Crippen LogP contribution < -0.4 is 10.9 Å². The maximum Gasteiger partial charge on any atom is 0.416 e. The molecule has 0 bridgehead atoms. The van der Waals surface area contributed by atoms with E-state index in [2.05, 4.69) is 16.4 Å². The minimum atomic E-state index is -4.59. The van der Waals surface area contributed by atoms with Crippen LogP contribution in [0.25, 0.3) is 16.6 Å². The van der Waals surface area contributed by atoms with Gasteiger partial charge in [0, 0.05) is 0 Å². The maximum atomic E-state index is 13.3. The Labute approximate surface area is 192 Å². The first-order valence-corrected chi connectivity index (χ1v) is 11.0. The lowest BCUT2D eigenvalue weighted by molar-refractivity contribution is -0.137. The Bertz CT molecular complexity index is 1300. The smallest absolute Gasteiger partial charge is 0.337 e. The molecule has 3 rings (SSSR count). The van der Waals surface area contributed by atoms with Gasteiger partial charge in [0.2, 0.25) is 5.91 Å². The molecule has 0 spiro atoms. The van der Waals surface area contributed by atoms with Crippen LogP contribution in [0.15, 0.2) is 58.5 Å². The van der Waals surface area contributed by atoms with Crippen molar-refractivity contribution < 1.29 is 18.0 Å². The van der Waals surface area contributed by atoms with E-state index in [4.69, 9.17) is 0 Å². The molecule has 0 fully saturated rings. The summed E-state index contributed by atoms with van der Waals surface area (Å²) in [6.07, 6.45) is -4.59. The molecular weight excluding hydrogens is 453 g/mol. The van der Waals surface area contributed by atoms with Gasteiger partial charge >= 0.3 is 6.18 Å². The fraction of sp³-hybridized carbons (Fsp3) is 0.304. The highest BCUT2D eigenvalue weighted by molar-refractivity contribution is 7.99. The molecule has 6 nitrogen and oxygen atoms in total. The largest absolute Gasteiger partial charge is 0.416 e. The zero-order valence-corrected chi connectivity index (χ0v) is 18.9. The third-order valence-electron chi connectivity index (χ3n) is 5.30. The Morgan fingerprint density at radius 3 is 2.55 bits per heavy atom. The molecule has 0 radical (unpaired) electrons. The molecule has 0 saturated carbocycles.